The Morgan fingerprint density at radius 3 is 2.67 bits per heavy atom. The van der Waals surface area contributed by atoms with Gasteiger partial charge in [-0.25, -0.2) is 0 Å². The zero-order valence-electron chi connectivity index (χ0n) is 13.4. The molecule has 1 atom stereocenters. The number of carbonyl (C=O) groups is 1. The number of amides is 1. The maximum atomic E-state index is 11.3. The summed E-state index contributed by atoms with van der Waals surface area (Å²) in [6, 6.07) is -0.207. The molecule has 6 nitrogen and oxygen atoms in total. The number of likely N-dealkylation sites (tertiary alicyclic amines) is 1. The quantitative estimate of drug-likeness (QED) is 0.896. The van der Waals surface area contributed by atoms with Crippen molar-refractivity contribution < 1.29 is 9.32 Å². The lowest BCUT2D eigenvalue weighted by Gasteiger charge is -2.28. The van der Waals surface area contributed by atoms with Crippen LogP contribution in [0.1, 0.15) is 51.4 Å². The van der Waals surface area contributed by atoms with Crippen molar-refractivity contribution in [2.75, 3.05) is 20.1 Å². The number of hydrogen-bond acceptors (Lipinski definition) is 5. The standard InChI is InChI=1S/C15H26N4O2/c1-10(2)14(16-11(3)20)15-17-13(18-21-15)9-12-5-7-19(4)8-6-12/h10,12,14H,5-9H2,1-4H3,(H,16,20). The predicted molar refractivity (Wildman–Crippen MR) is 79.6 cm³/mol. The summed E-state index contributed by atoms with van der Waals surface area (Å²) in [7, 11) is 2.16. The maximum Gasteiger partial charge on any atom is 0.249 e. The number of hydrogen-bond donors (Lipinski definition) is 1. The molecule has 1 fully saturated rings. The molecule has 1 aliphatic heterocycles. The van der Waals surface area contributed by atoms with Gasteiger partial charge in [0.05, 0.1) is 0 Å². The van der Waals surface area contributed by atoms with E-state index >= 15 is 0 Å². The number of aromatic nitrogens is 2. The number of carbonyl (C=O) groups excluding carboxylic acids is 1. The minimum Gasteiger partial charge on any atom is -0.344 e. The number of piperidine rings is 1. The highest BCUT2D eigenvalue weighted by Crippen LogP contribution is 2.23. The lowest BCUT2D eigenvalue weighted by Crippen LogP contribution is -2.31. The lowest BCUT2D eigenvalue weighted by atomic mass is 9.93. The SMILES string of the molecule is CC(=O)NC(c1nc(CC2CCN(C)CC2)no1)C(C)C. The minimum absolute atomic E-state index is 0.0798. The molecule has 21 heavy (non-hydrogen) atoms. The Morgan fingerprint density at radius 1 is 1.43 bits per heavy atom. The molecule has 0 saturated carbocycles. The number of rotatable bonds is 5. The Balaban J connectivity index is 1.97. The van der Waals surface area contributed by atoms with Gasteiger partial charge in [0.15, 0.2) is 5.82 Å². The molecule has 0 spiro atoms. The topological polar surface area (TPSA) is 71.3 Å². The summed E-state index contributed by atoms with van der Waals surface area (Å²) in [6.45, 7) is 7.83. The first-order valence-corrected chi connectivity index (χ1v) is 7.73. The molecule has 1 aromatic heterocycles. The van der Waals surface area contributed by atoms with Crippen molar-refractivity contribution in [2.24, 2.45) is 11.8 Å². The van der Waals surface area contributed by atoms with Gasteiger partial charge in [0.1, 0.15) is 6.04 Å². The normalized spacial score (nSPS) is 18.9. The maximum absolute atomic E-state index is 11.3. The molecular formula is C15H26N4O2. The second-order valence-corrected chi connectivity index (χ2v) is 6.42. The van der Waals surface area contributed by atoms with Crippen molar-refractivity contribution >= 4 is 5.91 Å². The van der Waals surface area contributed by atoms with Gasteiger partial charge in [-0.1, -0.05) is 19.0 Å². The first-order valence-electron chi connectivity index (χ1n) is 7.73. The van der Waals surface area contributed by atoms with Gasteiger partial charge in [0.2, 0.25) is 11.8 Å². The molecule has 0 bridgehead atoms. The molecule has 1 N–H and O–H groups in total. The van der Waals surface area contributed by atoms with Gasteiger partial charge < -0.3 is 14.7 Å². The third-order valence-electron chi connectivity index (χ3n) is 4.08. The third kappa shape index (κ3) is 4.52. The van der Waals surface area contributed by atoms with Crippen LogP contribution in [0.25, 0.3) is 0 Å². The predicted octanol–water partition coefficient (Wildman–Crippen LogP) is 1.79. The van der Waals surface area contributed by atoms with E-state index in [4.69, 9.17) is 4.52 Å². The highest BCUT2D eigenvalue weighted by atomic mass is 16.5. The second-order valence-electron chi connectivity index (χ2n) is 6.42. The van der Waals surface area contributed by atoms with Gasteiger partial charge in [-0.2, -0.15) is 4.98 Å². The third-order valence-corrected chi connectivity index (χ3v) is 4.08. The zero-order chi connectivity index (χ0) is 15.4. The van der Waals surface area contributed by atoms with Crippen molar-refractivity contribution in [1.29, 1.82) is 0 Å². The van der Waals surface area contributed by atoms with E-state index in [9.17, 15) is 4.79 Å². The Labute approximate surface area is 126 Å². The highest BCUT2D eigenvalue weighted by molar-refractivity contribution is 5.73. The molecule has 1 unspecified atom stereocenters. The fourth-order valence-electron chi connectivity index (χ4n) is 2.73. The molecule has 1 aliphatic rings. The molecule has 1 aromatic rings. The molecule has 0 radical (unpaired) electrons. The fourth-order valence-corrected chi connectivity index (χ4v) is 2.73. The molecule has 2 heterocycles. The summed E-state index contributed by atoms with van der Waals surface area (Å²) in [6.07, 6.45) is 3.22. The minimum atomic E-state index is -0.207. The lowest BCUT2D eigenvalue weighted by molar-refractivity contribution is -0.120. The van der Waals surface area contributed by atoms with Gasteiger partial charge in [-0.15, -0.1) is 0 Å². The van der Waals surface area contributed by atoms with Gasteiger partial charge in [-0.3, -0.25) is 4.79 Å². The summed E-state index contributed by atoms with van der Waals surface area (Å²) >= 11 is 0. The number of nitrogens with one attached hydrogen (secondary N) is 1. The van der Waals surface area contributed by atoms with Crippen LogP contribution in [0.2, 0.25) is 0 Å². The Morgan fingerprint density at radius 2 is 2.10 bits per heavy atom. The highest BCUT2D eigenvalue weighted by Gasteiger charge is 2.25. The van der Waals surface area contributed by atoms with E-state index in [1.807, 2.05) is 13.8 Å². The van der Waals surface area contributed by atoms with Crippen LogP contribution in [-0.2, 0) is 11.2 Å². The zero-order valence-corrected chi connectivity index (χ0v) is 13.4. The molecule has 1 amide bonds. The van der Waals surface area contributed by atoms with E-state index in [0.29, 0.717) is 11.8 Å². The van der Waals surface area contributed by atoms with Gasteiger partial charge >= 0.3 is 0 Å². The average Bonchev–Trinajstić information content (AvgIpc) is 2.86. The van der Waals surface area contributed by atoms with Crippen molar-refractivity contribution in [2.45, 2.75) is 46.1 Å². The monoisotopic (exact) mass is 294 g/mol. The van der Waals surface area contributed by atoms with E-state index < -0.39 is 0 Å². The van der Waals surface area contributed by atoms with E-state index in [0.717, 1.165) is 25.3 Å². The molecule has 2 rings (SSSR count). The largest absolute Gasteiger partial charge is 0.344 e. The first-order chi connectivity index (χ1) is 9.95. The fraction of sp³-hybridized carbons (Fsp3) is 0.800. The summed E-state index contributed by atoms with van der Waals surface area (Å²) in [5.74, 6) is 2.04. The second kappa shape index (κ2) is 7.02. The molecule has 0 aliphatic carbocycles. The van der Waals surface area contributed by atoms with E-state index in [-0.39, 0.29) is 17.9 Å². The van der Waals surface area contributed by atoms with Crippen molar-refractivity contribution in [3.63, 3.8) is 0 Å². The molecule has 118 valence electrons. The number of nitrogens with zero attached hydrogens (tertiary/aromatic N) is 3. The van der Waals surface area contributed by atoms with Crippen molar-refractivity contribution in [3.05, 3.63) is 11.7 Å². The summed E-state index contributed by atoms with van der Waals surface area (Å²) in [5, 5.41) is 6.97. The summed E-state index contributed by atoms with van der Waals surface area (Å²) in [4.78, 5) is 18.1. The van der Waals surface area contributed by atoms with Gasteiger partial charge in [0, 0.05) is 13.3 Å². The van der Waals surface area contributed by atoms with Crippen LogP contribution >= 0.6 is 0 Å². The molecule has 6 heteroatoms. The Bertz CT molecular complexity index is 464. The first kappa shape index (κ1) is 15.9. The van der Waals surface area contributed by atoms with Crippen LogP contribution in [0.15, 0.2) is 4.52 Å². The molecule has 0 aromatic carbocycles. The van der Waals surface area contributed by atoms with Crippen LogP contribution in [0, 0.1) is 11.8 Å². The van der Waals surface area contributed by atoms with Crippen LogP contribution in [0.3, 0.4) is 0 Å². The van der Waals surface area contributed by atoms with Crippen LogP contribution in [-0.4, -0.2) is 41.1 Å². The Kier molecular flexibility index (Phi) is 5.33. The van der Waals surface area contributed by atoms with Gasteiger partial charge in [0.25, 0.3) is 0 Å². The van der Waals surface area contributed by atoms with E-state index in [2.05, 4.69) is 27.4 Å². The van der Waals surface area contributed by atoms with Crippen molar-refractivity contribution in [3.8, 4) is 0 Å². The molecular weight excluding hydrogens is 268 g/mol. The van der Waals surface area contributed by atoms with Crippen molar-refractivity contribution in [1.82, 2.24) is 20.4 Å². The molecule has 1 saturated heterocycles. The van der Waals surface area contributed by atoms with Gasteiger partial charge in [-0.05, 0) is 44.8 Å². The Hall–Kier alpha value is -1.43. The summed E-state index contributed by atoms with van der Waals surface area (Å²) in [5.41, 5.74) is 0. The van der Waals surface area contributed by atoms with E-state index in [1.54, 1.807) is 0 Å². The van der Waals surface area contributed by atoms with Crippen LogP contribution in [0.4, 0.5) is 0 Å². The average molecular weight is 294 g/mol. The summed E-state index contributed by atoms with van der Waals surface area (Å²) < 4.78 is 5.37. The van der Waals surface area contributed by atoms with E-state index in [1.165, 1.54) is 19.8 Å². The van der Waals surface area contributed by atoms with Crippen LogP contribution < -0.4 is 5.32 Å². The smallest absolute Gasteiger partial charge is 0.249 e. The van der Waals surface area contributed by atoms with Crippen LogP contribution in [0.5, 0.6) is 0 Å².